The van der Waals surface area contributed by atoms with Crippen LogP contribution in [-0.2, 0) is 4.84 Å². The summed E-state index contributed by atoms with van der Waals surface area (Å²) in [5.41, 5.74) is 0.385. The van der Waals surface area contributed by atoms with E-state index >= 15 is 0 Å². The van der Waals surface area contributed by atoms with Gasteiger partial charge in [0, 0.05) is 10.9 Å². The minimum absolute atomic E-state index is 0.0184. The molecule has 0 saturated carbocycles. The third kappa shape index (κ3) is 4.96. The number of halogens is 2. The lowest BCUT2D eigenvalue weighted by Crippen LogP contribution is -2.13. The molecule has 5 nitrogen and oxygen atoms in total. The molecule has 19 heavy (non-hydrogen) atoms. The molecule has 0 unspecified atom stereocenters. The molecule has 0 aromatic heterocycles. The van der Waals surface area contributed by atoms with Gasteiger partial charge < -0.3 is 4.74 Å². The van der Waals surface area contributed by atoms with Gasteiger partial charge >= 0.3 is 6.09 Å². The maximum absolute atomic E-state index is 11.5. The number of amides is 1. The molecule has 0 fully saturated rings. The first-order valence-corrected chi connectivity index (χ1v) is 6.24. The number of oxime groups is 1. The molecule has 1 amide bonds. The molecule has 1 N–H and O–H groups in total. The molecular weight excluding hydrogens is 291 g/mol. The maximum Gasteiger partial charge on any atom is 0.437 e. The van der Waals surface area contributed by atoms with Gasteiger partial charge in [-0.15, -0.1) is 0 Å². The molecule has 1 aromatic rings. The van der Waals surface area contributed by atoms with Crippen LogP contribution in [0.1, 0.15) is 13.8 Å². The van der Waals surface area contributed by atoms with Crippen LogP contribution in [0.2, 0.25) is 5.02 Å². The van der Waals surface area contributed by atoms with E-state index < -0.39 is 6.09 Å². The number of benzene rings is 1. The number of rotatable bonds is 4. The first kappa shape index (κ1) is 15.6. The van der Waals surface area contributed by atoms with Crippen LogP contribution < -0.4 is 10.1 Å². The number of carbonyl (C=O) groups is 1. The fourth-order valence-corrected chi connectivity index (χ4v) is 1.31. The third-order valence-corrected chi connectivity index (χ3v) is 2.83. The van der Waals surface area contributed by atoms with E-state index in [1.165, 1.54) is 13.2 Å². The summed E-state index contributed by atoms with van der Waals surface area (Å²) in [6.07, 6.45) is -0.778. The van der Waals surface area contributed by atoms with Crippen LogP contribution in [0.25, 0.3) is 0 Å². The largest absolute Gasteiger partial charge is 0.495 e. The topological polar surface area (TPSA) is 59.9 Å². The SMILES string of the molecule is COc1ccc(Cl)cc1NC(=O)O/N=C(\Cl)C(C)C. The Morgan fingerprint density at radius 2 is 2.11 bits per heavy atom. The van der Waals surface area contributed by atoms with Gasteiger partial charge in [0.2, 0.25) is 0 Å². The quantitative estimate of drug-likeness (QED) is 0.517. The van der Waals surface area contributed by atoms with Crippen molar-refractivity contribution in [1.29, 1.82) is 0 Å². The number of hydrogen-bond acceptors (Lipinski definition) is 4. The number of methoxy groups -OCH3 is 1. The summed E-state index contributed by atoms with van der Waals surface area (Å²) in [5.74, 6) is 0.440. The van der Waals surface area contributed by atoms with Crippen LogP contribution in [0.15, 0.2) is 23.4 Å². The van der Waals surface area contributed by atoms with Crippen LogP contribution in [0.3, 0.4) is 0 Å². The average molecular weight is 305 g/mol. The number of hydrogen-bond donors (Lipinski definition) is 1. The number of nitrogens with zero attached hydrogens (tertiary/aromatic N) is 1. The Hall–Kier alpha value is -1.46. The maximum atomic E-state index is 11.5. The summed E-state index contributed by atoms with van der Waals surface area (Å²) in [6.45, 7) is 3.65. The van der Waals surface area contributed by atoms with E-state index in [2.05, 4.69) is 15.3 Å². The summed E-state index contributed by atoms with van der Waals surface area (Å²) in [7, 11) is 1.48. The summed E-state index contributed by atoms with van der Waals surface area (Å²) < 4.78 is 5.07. The fraction of sp³-hybridized carbons (Fsp3) is 0.333. The molecule has 0 radical (unpaired) electrons. The number of nitrogens with one attached hydrogen (secondary N) is 1. The van der Waals surface area contributed by atoms with Gasteiger partial charge in [-0.25, -0.2) is 4.79 Å². The highest BCUT2D eigenvalue weighted by Gasteiger charge is 2.10. The van der Waals surface area contributed by atoms with Gasteiger partial charge in [-0.2, -0.15) is 0 Å². The minimum Gasteiger partial charge on any atom is -0.495 e. The highest BCUT2D eigenvalue weighted by atomic mass is 35.5. The van der Waals surface area contributed by atoms with Crippen molar-refractivity contribution in [2.24, 2.45) is 11.1 Å². The van der Waals surface area contributed by atoms with Gasteiger partial charge in [0.15, 0.2) is 0 Å². The summed E-state index contributed by atoms with van der Waals surface area (Å²) in [6, 6.07) is 4.81. The van der Waals surface area contributed by atoms with Crippen molar-refractivity contribution in [3.63, 3.8) is 0 Å². The number of anilines is 1. The zero-order chi connectivity index (χ0) is 14.4. The zero-order valence-electron chi connectivity index (χ0n) is 10.7. The normalized spacial score (nSPS) is 11.4. The van der Waals surface area contributed by atoms with Crippen LogP contribution >= 0.6 is 23.2 Å². The van der Waals surface area contributed by atoms with Crippen molar-refractivity contribution in [2.75, 3.05) is 12.4 Å². The first-order chi connectivity index (χ1) is 8.93. The Balaban J connectivity index is 2.72. The monoisotopic (exact) mass is 304 g/mol. The second kappa shape index (κ2) is 7.21. The Morgan fingerprint density at radius 1 is 1.42 bits per heavy atom. The second-order valence-corrected chi connectivity index (χ2v) is 4.74. The van der Waals surface area contributed by atoms with Crippen molar-refractivity contribution in [1.82, 2.24) is 0 Å². The standard InChI is InChI=1S/C12H14Cl2N2O3/c1-7(2)11(14)16-19-12(17)15-9-6-8(13)4-5-10(9)18-3/h4-7H,1-3H3,(H,15,17)/b16-11-. The van der Waals surface area contributed by atoms with Crippen molar-refractivity contribution in [3.05, 3.63) is 23.2 Å². The van der Waals surface area contributed by atoms with Gasteiger partial charge in [0.25, 0.3) is 0 Å². The lowest BCUT2D eigenvalue weighted by Gasteiger charge is -2.09. The summed E-state index contributed by atoms with van der Waals surface area (Å²) in [5, 5.41) is 6.61. The molecule has 0 aliphatic rings. The van der Waals surface area contributed by atoms with Crippen LogP contribution in [-0.4, -0.2) is 18.4 Å². The van der Waals surface area contributed by atoms with Crippen LogP contribution in [0.4, 0.5) is 10.5 Å². The number of carbonyl (C=O) groups excluding carboxylic acids is 1. The van der Waals surface area contributed by atoms with E-state index in [1.807, 2.05) is 13.8 Å². The summed E-state index contributed by atoms with van der Waals surface area (Å²) >= 11 is 11.6. The minimum atomic E-state index is -0.778. The second-order valence-electron chi connectivity index (χ2n) is 3.92. The van der Waals surface area contributed by atoms with E-state index in [-0.39, 0.29) is 11.1 Å². The lowest BCUT2D eigenvalue weighted by molar-refractivity contribution is 0.166. The lowest BCUT2D eigenvalue weighted by atomic mass is 10.2. The van der Waals surface area contributed by atoms with Gasteiger partial charge in [0.1, 0.15) is 10.9 Å². The molecule has 1 aromatic carbocycles. The molecule has 104 valence electrons. The van der Waals surface area contributed by atoms with Gasteiger partial charge in [-0.1, -0.05) is 42.2 Å². The predicted molar refractivity (Wildman–Crippen MR) is 76.2 cm³/mol. The van der Waals surface area contributed by atoms with Crippen molar-refractivity contribution >= 4 is 40.2 Å². The van der Waals surface area contributed by atoms with Crippen molar-refractivity contribution < 1.29 is 14.4 Å². The Bertz CT molecular complexity index is 490. The van der Waals surface area contributed by atoms with Crippen molar-refractivity contribution in [3.8, 4) is 5.75 Å². The van der Waals surface area contributed by atoms with E-state index in [4.69, 9.17) is 27.9 Å². The van der Waals surface area contributed by atoms with Gasteiger partial charge in [-0.05, 0) is 18.2 Å². The molecule has 0 aliphatic carbocycles. The molecule has 0 saturated heterocycles. The third-order valence-electron chi connectivity index (χ3n) is 2.09. The Morgan fingerprint density at radius 3 is 2.68 bits per heavy atom. The van der Waals surface area contributed by atoms with E-state index in [0.717, 1.165) is 0 Å². The molecule has 0 spiro atoms. The van der Waals surface area contributed by atoms with E-state index in [1.54, 1.807) is 12.1 Å². The van der Waals surface area contributed by atoms with Crippen molar-refractivity contribution in [2.45, 2.75) is 13.8 Å². The van der Waals surface area contributed by atoms with E-state index in [9.17, 15) is 4.79 Å². The molecule has 0 heterocycles. The highest BCUT2D eigenvalue weighted by Crippen LogP contribution is 2.27. The van der Waals surface area contributed by atoms with Crippen LogP contribution in [0, 0.1) is 5.92 Å². The average Bonchev–Trinajstić information content (AvgIpc) is 2.36. The fourth-order valence-electron chi connectivity index (χ4n) is 1.10. The Kier molecular flexibility index (Phi) is 5.92. The smallest absolute Gasteiger partial charge is 0.437 e. The molecule has 7 heteroatoms. The molecule has 0 bridgehead atoms. The molecular formula is C12H14Cl2N2O3. The van der Waals surface area contributed by atoms with Gasteiger partial charge in [-0.3, -0.25) is 10.2 Å². The Labute approximate surface area is 121 Å². The molecule has 0 aliphatic heterocycles. The zero-order valence-corrected chi connectivity index (χ0v) is 12.2. The molecule has 1 rings (SSSR count). The highest BCUT2D eigenvalue weighted by molar-refractivity contribution is 6.65. The summed E-state index contributed by atoms with van der Waals surface area (Å²) in [4.78, 5) is 16.1. The number of ether oxygens (including phenoxy) is 1. The van der Waals surface area contributed by atoms with Crippen LogP contribution in [0.5, 0.6) is 5.75 Å². The predicted octanol–water partition coefficient (Wildman–Crippen LogP) is 4.11. The molecule has 0 atom stereocenters. The van der Waals surface area contributed by atoms with E-state index in [0.29, 0.717) is 16.5 Å². The van der Waals surface area contributed by atoms with Gasteiger partial charge in [0.05, 0.1) is 12.8 Å². The first-order valence-electron chi connectivity index (χ1n) is 5.49.